The van der Waals surface area contributed by atoms with Gasteiger partial charge in [0.1, 0.15) is 0 Å². The molecule has 0 spiro atoms. The third-order valence-electron chi connectivity index (χ3n) is 3.80. The van der Waals surface area contributed by atoms with E-state index in [0.717, 1.165) is 0 Å². The lowest BCUT2D eigenvalue weighted by Crippen LogP contribution is -2.46. The fourth-order valence-corrected chi connectivity index (χ4v) is 2.59. The van der Waals surface area contributed by atoms with Gasteiger partial charge in [-0.15, -0.1) is 0 Å². The van der Waals surface area contributed by atoms with Crippen LogP contribution in [0.5, 0.6) is 0 Å². The van der Waals surface area contributed by atoms with Gasteiger partial charge in [-0.2, -0.15) is 0 Å². The number of aryl methyl sites for hydroxylation is 1. The summed E-state index contributed by atoms with van der Waals surface area (Å²) >= 11 is 0. The molecule has 0 aliphatic carbocycles. The summed E-state index contributed by atoms with van der Waals surface area (Å²) in [5.74, 6) is -0.611. The van der Waals surface area contributed by atoms with E-state index in [9.17, 15) is 20.0 Å². The Kier molecular flexibility index (Phi) is 3.61. The van der Waals surface area contributed by atoms with Gasteiger partial charge in [-0.1, -0.05) is 0 Å². The van der Waals surface area contributed by atoms with E-state index in [2.05, 4.69) is 4.98 Å². The number of pyridine rings is 1. The number of rotatable bonds is 3. The maximum Gasteiger partial charge on any atom is 0.314 e. The molecule has 0 amide bonds. The minimum Gasteiger partial charge on any atom is -0.481 e. The largest absolute Gasteiger partial charge is 0.481 e. The molecule has 2 rings (SSSR count). The molecule has 1 aliphatic heterocycles. The molecule has 1 aromatic heterocycles. The molecule has 0 saturated carbocycles. The van der Waals surface area contributed by atoms with E-state index in [0.29, 0.717) is 24.9 Å². The Morgan fingerprint density at radius 3 is 2.90 bits per heavy atom. The Morgan fingerprint density at radius 2 is 2.30 bits per heavy atom. The maximum absolute atomic E-state index is 11.4. The quantitative estimate of drug-likeness (QED) is 0.671. The molecule has 1 unspecified atom stereocenters. The highest BCUT2D eigenvalue weighted by molar-refractivity contribution is 5.76. The number of anilines is 1. The normalized spacial score (nSPS) is 22.6. The Bertz CT molecular complexity index is 561. The first-order valence-electron chi connectivity index (χ1n) is 6.43. The number of nitro groups is 1. The molecule has 1 fully saturated rings. The summed E-state index contributed by atoms with van der Waals surface area (Å²) in [5, 5.41) is 20.5. The van der Waals surface area contributed by atoms with Crippen LogP contribution in [0, 0.1) is 22.5 Å². The number of carbonyl (C=O) groups is 1. The summed E-state index contributed by atoms with van der Waals surface area (Å²) in [6.45, 7) is 4.15. The van der Waals surface area contributed by atoms with Crippen LogP contribution in [0.1, 0.15) is 25.3 Å². The van der Waals surface area contributed by atoms with E-state index >= 15 is 0 Å². The Morgan fingerprint density at radius 1 is 1.60 bits per heavy atom. The lowest BCUT2D eigenvalue weighted by Gasteiger charge is -2.37. The second-order valence-corrected chi connectivity index (χ2v) is 5.45. The first kappa shape index (κ1) is 14.2. The van der Waals surface area contributed by atoms with Gasteiger partial charge < -0.3 is 10.0 Å². The average Bonchev–Trinajstić information content (AvgIpc) is 2.37. The number of aliphatic carboxylic acids is 1. The van der Waals surface area contributed by atoms with Crippen molar-refractivity contribution in [2.24, 2.45) is 5.41 Å². The highest BCUT2D eigenvalue weighted by atomic mass is 16.6. The minimum atomic E-state index is -0.891. The van der Waals surface area contributed by atoms with Crippen LogP contribution in [0.25, 0.3) is 0 Å². The molecule has 0 radical (unpaired) electrons. The second kappa shape index (κ2) is 5.07. The number of piperidine rings is 1. The van der Waals surface area contributed by atoms with Crippen molar-refractivity contribution in [2.45, 2.75) is 26.7 Å². The standard InChI is InChI=1S/C13H17N3O4/c1-9-4-6-14-11(10(9)16(19)20)15-7-3-5-13(2,8-15)12(17)18/h4,6H,3,5,7-8H2,1-2H3,(H,17,18). The smallest absolute Gasteiger partial charge is 0.314 e. The van der Waals surface area contributed by atoms with Crippen LogP contribution in [0.2, 0.25) is 0 Å². The fourth-order valence-electron chi connectivity index (χ4n) is 2.59. The molecule has 1 aliphatic rings. The molecule has 0 bridgehead atoms. The van der Waals surface area contributed by atoms with Gasteiger partial charge in [0.15, 0.2) is 0 Å². The van der Waals surface area contributed by atoms with Crippen molar-refractivity contribution in [1.29, 1.82) is 0 Å². The van der Waals surface area contributed by atoms with E-state index in [1.807, 2.05) is 0 Å². The highest BCUT2D eigenvalue weighted by Crippen LogP contribution is 2.36. The van der Waals surface area contributed by atoms with Gasteiger partial charge in [-0.3, -0.25) is 14.9 Å². The van der Waals surface area contributed by atoms with E-state index in [1.165, 1.54) is 6.20 Å². The average molecular weight is 279 g/mol. The minimum absolute atomic E-state index is 0.0397. The van der Waals surface area contributed by atoms with Crippen molar-refractivity contribution in [3.63, 3.8) is 0 Å². The predicted molar refractivity (Wildman–Crippen MR) is 72.8 cm³/mol. The lowest BCUT2D eigenvalue weighted by molar-refractivity contribution is -0.384. The van der Waals surface area contributed by atoms with Crippen LogP contribution in [-0.2, 0) is 4.79 Å². The number of hydrogen-bond acceptors (Lipinski definition) is 5. The van der Waals surface area contributed by atoms with Crippen molar-refractivity contribution >= 4 is 17.5 Å². The van der Waals surface area contributed by atoms with E-state index in [1.54, 1.807) is 24.8 Å². The van der Waals surface area contributed by atoms with Crippen molar-refractivity contribution in [3.05, 3.63) is 27.9 Å². The summed E-state index contributed by atoms with van der Waals surface area (Å²) < 4.78 is 0. The van der Waals surface area contributed by atoms with Crippen molar-refractivity contribution < 1.29 is 14.8 Å². The SMILES string of the molecule is Cc1ccnc(N2CCCC(C)(C(=O)O)C2)c1[N+](=O)[O-]. The van der Waals surface area contributed by atoms with Gasteiger partial charge >= 0.3 is 11.7 Å². The topological polar surface area (TPSA) is 96.6 Å². The van der Waals surface area contributed by atoms with Crippen LogP contribution in [-0.4, -0.2) is 34.1 Å². The zero-order valence-corrected chi connectivity index (χ0v) is 11.5. The zero-order chi connectivity index (χ0) is 14.9. The summed E-state index contributed by atoms with van der Waals surface area (Å²) in [6, 6.07) is 1.59. The molecular formula is C13H17N3O4. The van der Waals surface area contributed by atoms with Crippen LogP contribution in [0.3, 0.4) is 0 Å². The summed E-state index contributed by atoms with van der Waals surface area (Å²) in [5.41, 5.74) is -0.401. The molecule has 1 atom stereocenters. The van der Waals surface area contributed by atoms with Crippen LogP contribution >= 0.6 is 0 Å². The monoisotopic (exact) mass is 279 g/mol. The second-order valence-electron chi connectivity index (χ2n) is 5.45. The van der Waals surface area contributed by atoms with E-state index < -0.39 is 16.3 Å². The Hall–Kier alpha value is -2.18. The molecule has 1 N–H and O–H groups in total. The zero-order valence-electron chi connectivity index (χ0n) is 11.5. The predicted octanol–water partition coefficient (Wildman–Crippen LogP) is 1.99. The molecule has 1 saturated heterocycles. The number of carboxylic acids is 1. The van der Waals surface area contributed by atoms with E-state index in [-0.39, 0.29) is 18.1 Å². The van der Waals surface area contributed by atoms with Crippen LogP contribution in [0.15, 0.2) is 12.3 Å². The third kappa shape index (κ3) is 2.43. The third-order valence-corrected chi connectivity index (χ3v) is 3.80. The van der Waals surface area contributed by atoms with E-state index in [4.69, 9.17) is 0 Å². The van der Waals surface area contributed by atoms with Gasteiger partial charge in [0, 0.05) is 24.8 Å². The Labute approximate surface area is 116 Å². The molecule has 1 aromatic rings. The van der Waals surface area contributed by atoms with Gasteiger partial charge in [-0.25, -0.2) is 4.98 Å². The lowest BCUT2D eigenvalue weighted by atomic mass is 9.82. The van der Waals surface area contributed by atoms with Gasteiger partial charge in [0.25, 0.3) is 0 Å². The highest BCUT2D eigenvalue weighted by Gasteiger charge is 2.40. The fraction of sp³-hybridized carbons (Fsp3) is 0.538. The molecule has 0 aromatic carbocycles. The van der Waals surface area contributed by atoms with Crippen LogP contribution < -0.4 is 4.90 Å². The van der Waals surface area contributed by atoms with Crippen LogP contribution in [0.4, 0.5) is 11.5 Å². The number of hydrogen-bond donors (Lipinski definition) is 1. The van der Waals surface area contributed by atoms with Crippen molar-refractivity contribution in [2.75, 3.05) is 18.0 Å². The molecular weight excluding hydrogens is 262 g/mol. The van der Waals surface area contributed by atoms with Gasteiger partial charge in [-0.05, 0) is 32.8 Å². The first-order chi connectivity index (χ1) is 9.35. The summed E-state index contributed by atoms with van der Waals surface area (Å²) in [6.07, 6.45) is 2.76. The molecule has 7 heteroatoms. The Balaban J connectivity index is 2.40. The van der Waals surface area contributed by atoms with Gasteiger partial charge in [0.2, 0.25) is 5.82 Å². The molecule has 7 nitrogen and oxygen atoms in total. The number of nitrogens with zero attached hydrogens (tertiary/aromatic N) is 3. The molecule has 2 heterocycles. The van der Waals surface area contributed by atoms with Gasteiger partial charge in [0.05, 0.1) is 10.3 Å². The summed E-state index contributed by atoms with van der Waals surface area (Å²) in [7, 11) is 0. The summed E-state index contributed by atoms with van der Waals surface area (Å²) in [4.78, 5) is 27.9. The van der Waals surface area contributed by atoms with Crippen molar-refractivity contribution in [1.82, 2.24) is 4.98 Å². The van der Waals surface area contributed by atoms with Crippen molar-refractivity contribution in [3.8, 4) is 0 Å². The molecule has 20 heavy (non-hydrogen) atoms. The number of aromatic nitrogens is 1. The molecule has 108 valence electrons. The maximum atomic E-state index is 11.4. The first-order valence-corrected chi connectivity index (χ1v) is 6.43. The number of carboxylic acid groups (broad SMARTS) is 1.